The lowest BCUT2D eigenvalue weighted by molar-refractivity contribution is -0.140. The maximum Gasteiger partial charge on any atom is 0.317 e. The molecule has 0 aromatic heterocycles. The van der Waals surface area contributed by atoms with Gasteiger partial charge in [-0.25, -0.2) is 0 Å². The molecule has 0 radical (unpaired) electrons. The van der Waals surface area contributed by atoms with E-state index in [-0.39, 0.29) is 19.0 Å². The van der Waals surface area contributed by atoms with E-state index in [2.05, 4.69) is 0 Å². The molecule has 1 heterocycles. The fourth-order valence-electron chi connectivity index (χ4n) is 1.90. The molecule has 1 aliphatic carbocycles. The van der Waals surface area contributed by atoms with Gasteiger partial charge in [-0.15, -0.1) is 0 Å². The number of likely N-dealkylation sites (tertiary alicyclic amines) is 1. The van der Waals surface area contributed by atoms with Crippen molar-refractivity contribution in [3.05, 3.63) is 0 Å². The zero-order chi connectivity index (χ0) is 11.5. The molecule has 1 saturated carbocycles. The highest BCUT2D eigenvalue weighted by molar-refractivity contribution is 5.79. The van der Waals surface area contributed by atoms with Crippen LogP contribution in [0.5, 0.6) is 0 Å². The van der Waals surface area contributed by atoms with E-state index in [4.69, 9.17) is 5.11 Å². The van der Waals surface area contributed by atoms with Gasteiger partial charge >= 0.3 is 5.97 Å². The predicted molar refractivity (Wildman–Crippen MR) is 58.0 cm³/mol. The number of nitrogens with zero attached hydrogens (tertiary/aromatic N) is 2. The summed E-state index contributed by atoms with van der Waals surface area (Å²) in [5.74, 6) is -0.159. The zero-order valence-corrected chi connectivity index (χ0v) is 9.39. The van der Waals surface area contributed by atoms with E-state index in [9.17, 15) is 9.59 Å². The van der Waals surface area contributed by atoms with E-state index in [1.807, 2.05) is 0 Å². The maximum absolute atomic E-state index is 11.7. The van der Waals surface area contributed by atoms with Crippen LogP contribution >= 0.6 is 0 Å². The topological polar surface area (TPSA) is 60.9 Å². The second-order valence-corrected chi connectivity index (χ2v) is 4.74. The first kappa shape index (κ1) is 11.4. The minimum Gasteiger partial charge on any atom is -0.480 e. The summed E-state index contributed by atoms with van der Waals surface area (Å²) in [5, 5.41) is 8.77. The van der Waals surface area contributed by atoms with Crippen LogP contribution in [0, 0.1) is 5.92 Å². The van der Waals surface area contributed by atoms with Gasteiger partial charge in [0.05, 0.1) is 13.1 Å². The number of carbonyl (C=O) groups excluding carboxylic acids is 1. The molecular weight excluding hydrogens is 208 g/mol. The molecular formula is C11H18N2O3. The fraction of sp³-hybridized carbons (Fsp3) is 0.818. The van der Waals surface area contributed by atoms with Gasteiger partial charge in [0.25, 0.3) is 0 Å². The second-order valence-electron chi connectivity index (χ2n) is 4.74. The quantitative estimate of drug-likeness (QED) is 0.693. The number of hydrogen-bond donors (Lipinski definition) is 1. The van der Waals surface area contributed by atoms with Gasteiger partial charge in [0.15, 0.2) is 0 Å². The van der Waals surface area contributed by atoms with Crippen LogP contribution in [-0.2, 0) is 9.59 Å². The Bertz CT molecular complexity index is 285. The van der Waals surface area contributed by atoms with Crippen LogP contribution in [0.4, 0.5) is 0 Å². The standard InChI is InChI=1S/C11H18N2O3/c14-10(13-4-1-5-13)7-12(8-11(15)16)6-9-2-3-9/h9H,1-8H2,(H,15,16). The van der Waals surface area contributed by atoms with E-state index in [1.165, 1.54) is 12.8 Å². The van der Waals surface area contributed by atoms with Gasteiger partial charge in [0, 0.05) is 19.6 Å². The number of rotatable bonds is 6. The fourth-order valence-corrected chi connectivity index (χ4v) is 1.90. The Morgan fingerprint density at radius 2 is 1.94 bits per heavy atom. The third-order valence-corrected chi connectivity index (χ3v) is 3.14. The lowest BCUT2D eigenvalue weighted by atomic mass is 10.2. The smallest absolute Gasteiger partial charge is 0.317 e. The van der Waals surface area contributed by atoms with Crippen LogP contribution in [0.2, 0.25) is 0 Å². The third kappa shape index (κ3) is 3.20. The Labute approximate surface area is 95.0 Å². The molecule has 1 amide bonds. The molecule has 2 fully saturated rings. The number of carboxylic acids is 1. The van der Waals surface area contributed by atoms with Crippen molar-refractivity contribution in [1.29, 1.82) is 0 Å². The summed E-state index contributed by atoms with van der Waals surface area (Å²) in [4.78, 5) is 25.9. The molecule has 90 valence electrons. The van der Waals surface area contributed by atoms with Gasteiger partial charge in [-0.3, -0.25) is 14.5 Å². The van der Waals surface area contributed by atoms with Crippen molar-refractivity contribution in [2.75, 3.05) is 32.7 Å². The van der Waals surface area contributed by atoms with E-state index < -0.39 is 5.97 Å². The number of carbonyl (C=O) groups is 2. The molecule has 0 bridgehead atoms. The molecule has 0 aromatic rings. The lowest BCUT2D eigenvalue weighted by Crippen LogP contribution is -2.48. The Balaban J connectivity index is 1.79. The van der Waals surface area contributed by atoms with Crippen LogP contribution < -0.4 is 0 Å². The Hall–Kier alpha value is -1.10. The average molecular weight is 226 g/mol. The largest absolute Gasteiger partial charge is 0.480 e. The van der Waals surface area contributed by atoms with E-state index in [0.717, 1.165) is 26.1 Å². The Morgan fingerprint density at radius 1 is 1.25 bits per heavy atom. The summed E-state index contributed by atoms with van der Waals surface area (Å²) in [5.41, 5.74) is 0. The van der Waals surface area contributed by atoms with Crippen molar-refractivity contribution in [1.82, 2.24) is 9.80 Å². The number of carboxylic acid groups (broad SMARTS) is 1. The maximum atomic E-state index is 11.7. The summed E-state index contributed by atoms with van der Waals surface area (Å²) in [6.45, 7) is 2.68. The van der Waals surface area contributed by atoms with Crippen molar-refractivity contribution in [3.8, 4) is 0 Å². The second kappa shape index (κ2) is 4.82. The van der Waals surface area contributed by atoms with Crippen LogP contribution in [-0.4, -0.2) is 59.5 Å². The van der Waals surface area contributed by atoms with E-state index in [1.54, 1.807) is 9.80 Å². The molecule has 1 N–H and O–H groups in total. The predicted octanol–water partition coefficient (Wildman–Crippen LogP) is 0.0153. The Kier molecular flexibility index (Phi) is 3.43. The molecule has 0 atom stereocenters. The molecule has 2 aliphatic rings. The molecule has 2 rings (SSSR count). The first-order valence-corrected chi connectivity index (χ1v) is 5.87. The van der Waals surface area contributed by atoms with Gasteiger partial charge in [0.2, 0.25) is 5.91 Å². The van der Waals surface area contributed by atoms with Crippen LogP contribution in [0.1, 0.15) is 19.3 Å². The summed E-state index contributed by atoms with van der Waals surface area (Å²) >= 11 is 0. The lowest BCUT2D eigenvalue weighted by Gasteiger charge is -2.33. The molecule has 0 unspecified atom stereocenters. The first-order valence-electron chi connectivity index (χ1n) is 5.87. The third-order valence-electron chi connectivity index (χ3n) is 3.14. The molecule has 16 heavy (non-hydrogen) atoms. The van der Waals surface area contributed by atoms with Gasteiger partial charge in [-0.1, -0.05) is 0 Å². The highest BCUT2D eigenvalue weighted by Gasteiger charge is 2.28. The Morgan fingerprint density at radius 3 is 2.38 bits per heavy atom. The van der Waals surface area contributed by atoms with Gasteiger partial charge in [-0.05, 0) is 25.2 Å². The van der Waals surface area contributed by atoms with Crippen molar-refractivity contribution < 1.29 is 14.7 Å². The number of hydrogen-bond acceptors (Lipinski definition) is 3. The molecule has 0 aromatic carbocycles. The molecule has 0 spiro atoms. The van der Waals surface area contributed by atoms with Crippen LogP contribution in [0.15, 0.2) is 0 Å². The van der Waals surface area contributed by atoms with Gasteiger partial charge in [-0.2, -0.15) is 0 Å². The van der Waals surface area contributed by atoms with Gasteiger partial charge in [0.1, 0.15) is 0 Å². The van der Waals surface area contributed by atoms with Gasteiger partial charge < -0.3 is 10.0 Å². The normalized spacial score (nSPS) is 19.7. The highest BCUT2D eigenvalue weighted by Crippen LogP contribution is 2.29. The van der Waals surface area contributed by atoms with Crippen LogP contribution in [0.3, 0.4) is 0 Å². The summed E-state index contributed by atoms with van der Waals surface area (Å²) in [7, 11) is 0. The minimum atomic E-state index is -0.850. The number of amides is 1. The average Bonchev–Trinajstić information content (AvgIpc) is 2.82. The number of aliphatic carboxylic acids is 1. The van der Waals surface area contributed by atoms with Crippen molar-refractivity contribution >= 4 is 11.9 Å². The summed E-state index contributed by atoms with van der Waals surface area (Å²) in [6.07, 6.45) is 3.43. The summed E-state index contributed by atoms with van der Waals surface area (Å²) in [6, 6.07) is 0. The first-order chi connectivity index (χ1) is 7.65. The molecule has 1 aliphatic heterocycles. The molecule has 5 heteroatoms. The molecule has 5 nitrogen and oxygen atoms in total. The van der Waals surface area contributed by atoms with E-state index in [0.29, 0.717) is 5.92 Å². The zero-order valence-electron chi connectivity index (χ0n) is 9.39. The monoisotopic (exact) mass is 226 g/mol. The van der Waals surface area contributed by atoms with Crippen LogP contribution in [0.25, 0.3) is 0 Å². The molecule has 1 saturated heterocycles. The van der Waals surface area contributed by atoms with Crippen molar-refractivity contribution in [2.45, 2.75) is 19.3 Å². The highest BCUT2D eigenvalue weighted by atomic mass is 16.4. The summed E-state index contributed by atoms with van der Waals surface area (Å²) < 4.78 is 0. The minimum absolute atomic E-state index is 0.0178. The van der Waals surface area contributed by atoms with Crippen molar-refractivity contribution in [2.24, 2.45) is 5.92 Å². The van der Waals surface area contributed by atoms with E-state index >= 15 is 0 Å². The van der Waals surface area contributed by atoms with Crippen molar-refractivity contribution in [3.63, 3.8) is 0 Å². The SMILES string of the molecule is O=C(O)CN(CC(=O)N1CCC1)CC1CC1.